The van der Waals surface area contributed by atoms with Crippen LogP contribution in [0.3, 0.4) is 0 Å². The minimum atomic E-state index is 0.230. The normalized spacial score (nSPS) is 10.3. The molecule has 0 saturated heterocycles. The fraction of sp³-hybridized carbons (Fsp3) is 0.278. The molecule has 0 radical (unpaired) electrons. The lowest BCUT2D eigenvalue weighted by atomic mass is 10.0. The van der Waals surface area contributed by atoms with Crippen molar-refractivity contribution in [2.45, 2.75) is 26.2 Å². The van der Waals surface area contributed by atoms with Crippen molar-refractivity contribution < 1.29 is 9.53 Å². The molecule has 0 atom stereocenters. The highest BCUT2D eigenvalue weighted by Gasteiger charge is 2.05. The van der Waals surface area contributed by atoms with Gasteiger partial charge in [-0.3, -0.25) is 4.79 Å². The zero-order chi connectivity index (χ0) is 14.4. The number of rotatable bonds is 6. The summed E-state index contributed by atoms with van der Waals surface area (Å²) >= 11 is 0. The molecule has 2 nitrogen and oxygen atoms in total. The van der Waals surface area contributed by atoms with E-state index in [-0.39, 0.29) is 5.78 Å². The maximum absolute atomic E-state index is 11.9. The van der Waals surface area contributed by atoms with Crippen molar-refractivity contribution in [3.63, 3.8) is 0 Å². The van der Waals surface area contributed by atoms with Gasteiger partial charge in [-0.05, 0) is 29.7 Å². The van der Waals surface area contributed by atoms with Crippen LogP contribution >= 0.6 is 0 Å². The van der Waals surface area contributed by atoms with Gasteiger partial charge in [0.1, 0.15) is 5.75 Å². The van der Waals surface area contributed by atoms with E-state index >= 15 is 0 Å². The Bertz CT molecular complexity index is 553. The van der Waals surface area contributed by atoms with E-state index in [9.17, 15) is 4.79 Å². The molecule has 0 spiro atoms. The molecule has 2 aromatic carbocycles. The topological polar surface area (TPSA) is 26.3 Å². The molecule has 2 aromatic rings. The molecule has 104 valence electrons. The maximum atomic E-state index is 11.9. The summed E-state index contributed by atoms with van der Waals surface area (Å²) in [6.07, 6.45) is 2.65. The van der Waals surface area contributed by atoms with Gasteiger partial charge < -0.3 is 4.74 Å². The van der Waals surface area contributed by atoms with Crippen LogP contribution < -0.4 is 4.74 Å². The Morgan fingerprint density at radius 3 is 2.00 bits per heavy atom. The van der Waals surface area contributed by atoms with E-state index in [1.165, 1.54) is 0 Å². The van der Waals surface area contributed by atoms with Crippen molar-refractivity contribution in [2.75, 3.05) is 7.11 Å². The van der Waals surface area contributed by atoms with Gasteiger partial charge in [-0.2, -0.15) is 0 Å². The molecule has 0 unspecified atom stereocenters. The molecular formula is C18H20O2. The summed E-state index contributed by atoms with van der Waals surface area (Å²) in [6.45, 7) is 2.10. The fourth-order valence-corrected chi connectivity index (χ4v) is 2.11. The SMILES string of the molecule is CCCCC(=O)c1ccc(-c2ccc(OC)cc2)cc1. The van der Waals surface area contributed by atoms with Crippen LogP contribution in [0.5, 0.6) is 5.75 Å². The van der Waals surface area contributed by atoms with Crippen molar-refractivity contribution in [1.82, 2.24) is 0 Å². The molecule has 0 amide bonds. The van der Waals surface area contributed by atoms with E-state index in [2.05, 4.69) is 6.92 Å². The highest BCUT2D eigenvalue weighted by Crippen LogP contribution is 2.23. The van der Waals surface area contributed by atoms with Gasteiger partial charge in [0.2, 0.25) is 0 Å². The van der Waals surface area contributed by atoms with Crippen molar-refractivity contribution >= 4 is 5.78 Å². The first-order valence-corrected chi connectivity index (χ1v) is 7.02. The van der Waals surface area contributed by atoms with Crippen molar-refractivity contribution in [3.05, 3.63) is 54.1 Å². The lowest BCUT2D eigenvalue weighted by molar-refractivity contribution is 0.0980. The van der Waals surface area contributed by atoms with Crippen molar-refractivity contribution in [3.8, 4) is 16.9 Å². The van der Waals surface area contributed by atoms with E-state index in [0.29, 0.717) is 6.42 Å². The van der Waals surface area contributed by atoms with E-state index in [0.717, 1.165) is 35.3 Å². The van der Waals surface area contributed by atoms with Crippen LogP contribution in [0.15, 0.2) is 48.5 Å². The van der Waals surface area contributed by atoms with E-state index in [1.807, 2.05) is 48.5 Å². The van der Waals surface area contributed by atoms with Gasteiger partial charge in [-0.1, -0.05) is 49.7 Å². The molecule has 2 rings (SSSR count). The zero-order valence-electron chi connectivity index (χ0n) is 12.1. The largest absolute Gasteiger partial charge is 0.497 e. The van der Waals surface area contributed by atoms with Crippen LogP contribution in [-0.2, 0) is 0 Å². The van der Waals surface area contributed by atoms with Gasteiger partial charge in [0, 0.05) is 12.0 Å². The molecule has 0 saturated carbocycles. The number of ketones is 1. The first-order valence-electron chi connectivity index (χ1n) is 7.02. The molecule has 2 heteroatoms. The summed E-state index contributed by atoms with van der Waals surface area (Å²) < 4.78 is 5.15. The third-order valence-corrected chi connectivity index (χ3v) is 3.39. The smallest absolute Gasteiger partial charge is 0.162 e. The Kier molecular flexibility index (Phi) is 4.94. The highest BCUT2D eigenvalue weighted by atomic mass is 16.5. The van der Waals surface area contributed by atoms with Crippen LogP contribution in [0.2, 0.25) is 0 Å². The second-order valence-corrected chi connectivity index (χ2v) is 4.83. The third-order valence-electron chi connectivity index (χ3n) is 3.39. The van der Waals surface area contributed by atoms with E-state index in [4.69, 9.17) is 4.74 Å². The van der Waals surface area contributed by atoms with Gasteiger partial charge in [-0.15, -0.1) is 0 Å². The molecule has 0 aliphatic carbocycles. The first-order chi connectivity index (χ1) is 9.74. The van der Waals surface area contributed by atoms with Gasteiger partial charge in [0.15, 0.2) is 5.78 Å². The average Bonchev–Trinajstić information content (AvgIpc) is 2.53. The van der Waals surface area contributed by atoms with Crippen LogP contribution in [-0.4, -0.2) is 12.9 Å². The predicted molar refractivity (Wildman–Crippen MR) is 82.3 cm³/mol. The quantitative estimate of drug-likeness (QED) is 0.708. The number of hydrogen-bond acceptors (Lipinski definition) is 2. The number of hydrogen-bond donors (Lipinski definition) is 0. The first kappa shape index (κ1) is 14.3. The molecular weight excluding hydrogens is 248 g/mol. The Hall–Kier alpha value is -2.09. The lowest BCUT2D eigenvalue weighted by Crippen LogP contribution is -1.98. The minimum absolute atomic E-state index is 0.230. The molecule has 0 N–H and O–H groups in total. The molecule has 0 heterocycles. The molecule has 0 aliphatic rings. The van der Waals surface area contributed by atoms with Crippen LogP contribution in [0.1, 0.15) is 36.5 Å². The number of unbranched alkanes of at least 4 members (excludes halogenated alkanes) is 1. The monoisotopic (exact) mass is 268 g/mol. The number of methoxy groups -OCH3 is 1. The summed E-state index contributed by atoms with van der Waals surface area (Å²) in [7, 11) is 1.66. The van der Waals surface area contributed by atoms with Gasteiger partial charge in [-0.25, -0.2) is 0 Å². The van der Waals surface area contributed by atoms with Gasteiger partial charge in [0.05, 0.1) is 7.11 Å². The number of Topliss-reactive ketones (excluding diaryl/α,β-unsaturated/α-hetero) is 1. The molecule has 0 fully saturated rings. The number of ether oxygens (including phenoxy) is 1. The zero-order valence-corrected chi connectivity index (χ0v) is 12.1. The van der Waals surface area contributed by atoms with Gasteiger partial charge >= 0.3 is 0 Å². The molecule has 0 bridgehead atoms. The summed E-state index contributed by atoms with van der Waals surface area (Å²) in [5, 5.41) is 0. The van der Waals surface area contributed by atoms with E-state index in [1.54, 1.807) is 7.11 Å². The Morgan fingerprint density at radius 2 is 1.50 bits per heavy atom. The number of carbonyl (C=O) groups excluding carboxylic acids is 1. The average molecular weight is 268 g/mol. The Morgan fingerprint density at radius 1 is 0.950 bits per heavy atom. The Balaban J connectivity index is 2.12. The highest BCUT2D eigenvalue weighted by molar-refractivity contribution is 5.96. The maximum Gasteiger partial charge on any atom is 0.162 e. The molecule has 0 aromatic heterocycles. The second kappa shape index (κ2) is 6.90. The second-order valence-electron chi connectivity index (χ2n) is 4.83. The standard InChI is InChI=1S/C18H20O2/c1-3-4-5-18(19)16-8-6-14(7-9-16)15-10-12-17(20-2)13-11-15/h6-13H,3-5H2,1-2H3. The van der Waals surface area contributed by atoms with E-state index < -0.39 is 0 Å². The van der Waals surface area contributed by atoms with Crippen LogP contribution in [0.25, 0.3) is 11.1 Å². The summed E-state index contributed by atoms with van der Waals surface area (Å²) in [6, 6.07) is 15.8. The predicted octanol–water partition coefficient (Wildman–Crippen LogP) is 4.74. The molecule has 0 aliphatic heterocycles. The van der Waals surface area contributed by atoms with Crippen molar-refractivity contribution in [1.29, 1.82) is 0 Å². The number of carbonyl (C=O) groups is 1. The molecule has 20 heavy (non-hydrogen) atoms. The number of benzene rings is 2. The Labute approximate surface area is 120 Å². The van der Waals surface area contributed by atoms with Crippen LogP contribution in [0, 0.1) is 0 Å². The fourth-order valence-electron chi connectivity index (χ4n) is 2.11. The summed E-state index contributed by atoms with van der Waals surface area (Å²) in [5.41, 5.74) is 3.04. The summed E-state index contributed by atoms with van der Waals surface area (Å²) in [4.78, 5) is 11.9. The van der Waals surface area contributed by atoms with Crippen LogP contribution in [0.4, 0.5) is 0 Å². The third kappa shape index (κ3) is 3.47. The minimum Gasteiger partial charge on any atom is -0.497 e. The van der Waals surface area contributed by atoms with Crippen molar-refractivity contribution in [2.24, 2.45) is 0 Å². The lowest BCUT2D eigenvalue weighted by Gasteiger charge is -2.05. The van der Waals surface area contributed by atoms with Gasteiger partial charge in [0.25, 0.3) is 0 Å². The summed E-state index contributed by atoms with van der Waals surface area (Å²) in [5.74, 6) is 1.08.